The first-order valence-corrected chi connectivity index (χ1v) is 3.75. The average molecular weight is 183 g/mol. The van der Waals surface area contributed by atoms with Crippen molar-refractivity contribution < 1.29 is 18.7 Å². The predicted octanol–water partition coefficient (Wildman–Crippen LogP) is 0.505. The van der Waals surface area contributed by atoms with E-state index in [4.69, 9.17) is 16.3 Å². The van der Waals surface area contributed by atoms with Gasteiger partial charge in [0, 0.05) is 0 Å². The third kappa shape index (κ3) is 3.03. The molecule has 0 N–H and O–H groups in total. The third-order valence-corrected chi connectivity index (χ3v) is 1.48. The second kappa shape index (κ2) is 3.88. The van der Waals surface area contributed by atoms with Gasteiger partial charge in [-0.05, 0) is 0 Å². The van der Waals surface area contributed by atoms with Crippen molar-refractivity contribution >= 4 is 17.6 Å². The topological polar surface area (TPSA) is 38.8 Å². The van der Waals surface area contributed by atoms with E-state index in [2.05, 4.69) is 4.74 Å². The lowest BCUT2D eigenvalue weighted by Gasteiger charge is -2.03. The Kier molecular flexibility index (Phi) is 3.08. The first-order chi connectivity index (χ1) is 5.24. The molecule has 5 heteroatoms. The van der Waals surface area contributed by atoms with Crippen molar-refractivity contribution in [2.45, 2.75) is 12.3 Å². The van der Waals surface area contributed by atoms with Crippen LogP contribution in [0.5, 0.6) is 0 Å². The molecular weight excluding hydrogens is 175 g/mol. The summed E-state index contributed by atoms with van der Waals surface area (Å²) in [5, 5.41) is 0. The van der Waals surface area contributed by atoms with Crippen molar-refractivity contribution in [1.29, 1.82) is 0 Å². The minimum Gasteiger partial charge on any atom is -0.461 e. The maximum Gasteiger partial charge on any atom is 0.342 e. The van der Waals surface area contributed by atoms with Crippen molar-refractivity contribution in [2.75, 3.05) is 19.1 Å². The van der Waals surface area contributed by atoms with Gasteiger partial charge in [0.1, 0.15) is 12.7 Å². The quantitative estimate of drug-likeness (QED) is 0.361. The van der Waals surface area contributed by atoms with E-state index in [1.165, 1.54) is 0 Å². The molecule has 0 aromatic rings. The number of esters is 1. The van der Waals surface area contributed by atoms with Gasteiger partial charge in [-0.25, -0.2) is 9.18 Å². The van der Waals surface area contributed by atoms with Gasteiger partial charge >= 0.3 is 5.97 Å². The van der Waals surface area contributed by atoms with Crippen LogP contribution < -0.4 is 0 Å². The third-order valence-electron chi connectivity index (χ3n) is 1.21. The molecule has 11 heavy (non-hydrogen) atoms. The molecule has 0 saturated carbocycles. The SMILES string of the molecule is O=C(OCC1CO1)C(F)CCl. The van der Waals surface area contributed by atoms with Crippen LogP contribution in [-0.4, -0.2) is 37.3 Å². The van der Waals surface area contributed by atoms with Crippen LogP contribution in [0.1, 0.15) is 0 Å². The van der Waals surface area contributed by atoms with Gasteiger partial charge in [-0.1, -0.05) is 0 Å². The van der Waals surface area contributed by atoms with Gasteiger partial charge in [-0.15, -0.1) is 11.6 Å². The van der Waals surface area contributed by atoms with Gasteiger partial charge in [0.15, 0.2) is 0 Å². The van der Waals surface area contributed by atoms with Crippen molar-refractivity contribution in [3.63, 3.8) is 0 Å². The molecule has 0 aromatic heterocycles. The maximum atomic E-state index is 12.3. The first kappa shape index (κ1) is 8.74. The largest absolute Gasteiger partial charge is 0.461 e. The lowest BCUT2D eigenvalue weighted by Crippen LogP contribution is -2.22. The van der Waals surface area contributed by atoms with Crippen LogP contribution >= 0.6 is 11.6 Å². The summed E-state index contributed by atoms with van der Waals surface area (Å²) in [5.74, 6) is -1.26. The Hall–Kier alpha value is -0.350. The molecular formula is C6H8ClFO3. The lowest BCUT2D eigenvalue weighted by atomic mass is 10.4. The standard InChI is InChI=1S/C6H8ClFO3/c7-1-5(8)6(9)11-3-4-2-10-4/h4-5H,1-3H2. The summed E-state index contributed by atoms with van der Waals surface area (Å²) < 4.78 is 21.6. The number of epoxide rings is 1. The Bertz CT molecular complexity index is 149. The molecule has 3 nitrogen and oxygen atoms in total. The summed E-state index contributed by atoms with van der Waals surface area (Å²) in [6, 6.07) is 0. The molecule has 1 fully saturated rings. The predicted molar refractivity (Wildman–Crippen MR) is 36.3 cm³/mol. The minimum absolute atomic E-state index is 0.0264. The molecule has 0 bridgehead atoms. The van der Waals surface area contributed by atoms with E-state index in [1.807, 2.05) is 0 Å². The molecule has 1 heterocycles. The summed E-state index contributed by atoms with van der Waals surface area (Å²) in [5.41, 5.74) is 0. The van der Waals surface area contributed by atoms with Gasteiger partial charge in [0.05, 0.1) is 12.5 Å². The van der Waals surface area contributed by atoms with E-state index in [9.17, 15) is 9.18 Å². The Morgan fingerprint density at radius 3 is 3.00 bits per heavy atom. The molecule has 0 spiro atoms. The normalized spacial score (nSPS) is 24.4. The molecule has 64 valence electrons. The number of alkyl halides is 2. The number of hydrogen-bond acceptors (Lipinski definition) is 3. The highest BCUT2D eigenvalue weighted by Gasteiger charge is 2.26. The molecule has 1 rings (SSSR count). The molecule has 2 atom stereocenters. The van der Waals surface area contributed by atoms with E-state index < -0.39 is 12.1 Å². The van der Waals surface area contributed by atoms with Crippen molar-refractivity contribution in [3.05, 3.63) is 0 Å². The second-order valence-corrected chi connectivity index (χ2v) is 2.52. The van der Waals surface area contributed by atoms with Gasteiger partial charge in [0.2, 0.25) is 6.17 Å². The zero-order chi connectivity index (χ0) is 8.27. The molecule has 0 aliphatic carbocycles. The Morgan fingerprint density at radius 2 is 2.55 bits per heavy atom. The average Bonchev–Trinajstić information content (AvgIpc) is 2.81. The van der Waals surface area contributed by atoms with Crippen LogP contribution in [0.15, 0.2) is 0 Å². The van der Waals surface area contributed by atoms with Crippen LogP contribution in [0, 0.1) is 0 Å². The van der Waals surface area contributed by atoms with Crippen LogP contribution in [0.3, 0.4) is 0 Å². The number of ether oxygens (including phenoxy) is 2. The molecule has 0 radical (unpaired) electrons. The number of carbonyl (C=O) groups is 1. The van der Waals surface area contributed by atoms with Gasteiger partial charge in [0.25, 0.3) is 0 Å². The fourth-order valence-electron chi connectivity index (χ4n) is 0.493. The first-order valence-electron chi connectivity index (χ1n) is 3.22. The monoisotopic (exact) mass is 182 g/mol. The Balaban J connectivity index is 2.08. The summed E-state index contributed by atoms with van der Waals surface area (Å²) in [7, 11) is 0. The van der Waals surface area contributed by atoms with Crippen molar-refractivity contribution in [2.24, 2.45) is 0 Å². The van der Waals surface area contributed by atoms with E-state index in [0.717, 1.165) is 0 Å². The van der Waals surface area contributed by atoms with Crippen LogP contribution in [0.4, 0.5) is 4.39 Å². The summed E-state index contributed by atoms with van der Waals surface area (Å²) >= 11 is 5.07. The zero-order valence-electron chi connectivity index (χ0n) is 5.76. The van der Waals surface area contributed by atoms with Gasteiger partial charge < -0.3 is 9.47 Å². The van der Waals surface area contributed by atoms with Crippen molar-refractivity contribution in [1.82, 2.24) is 0 Å². The Labute approximate surface area is 68.4 Å². The molecule has 1 aliphatic heterocycles. The number of halogens is 2. The molecule has 0 amide bonds. The molecule has 1 aliphatic rings. The highest BCUT2D eigenvalue weighted by molar-refractivity contribution is 6.19. The molecule has 1 saturated heterocycles. The number of hydrogen-bond donors (Lipinski definition) is 0. The number of rotatable bonds is 4. The fourth-order valence-corrected chi connectivity index (χ4v) is 0.619. The van der Waals surface area contributed by atoms with Crippen molar-refractivity contribution in [3.8, 4) is 0 Å². The lowest BCUT2D eigenvalue weighted by molar-refractivity contribution is -0.149. The summed E-state index contributed by atoms with van der Waals surface area (Å²) in [6.45, 7) is 0.723. The van der Waals surface area contributed by atoms with Crippen LogP contribution in [0.25, 0.3) is 0 Å². The summed E-state index contributed by atoms with van der Waals surface area (Å²) in [6.07, 6.45) is -1.74. The Morgan fingerprint density at radius 1 is 1.91 bits per heavy atom. The van der Waals surface area contributed by atoms with Crippen LogP contribution in [-0.2, 0) is 14.3 Å². The highest BCUT2D eigenvalue weighted by Crippen LogP contribution is 2.09. The number of carbonyl (C=O) groups excluding carboxylic acids is 1. The molecule has 0 aromatic carbocycles. The van der Waals surface area contributed by atoms with E-state index in [-0.39, 0.29) is 18.6 Å². The smallest absolute Gasteiger partial charge is 0.342 e. The summed E-state index contributed by atoms with van der Waals surface area (Å²) in [4.78, 5) is 10.6. The van der Waals surface area contributed by atoms with E-state index in [1.54, 1.807) is 0 Å². The van der Waals surface area contributed by atoms with Gasteiger partial charge in [-0.2, -0.15) is 0 Å². The van der Waals surface area contributed by atoms with Gasteiger partial charge in [-0.3, -0.25) is 0 Å². The fraction of sp³-hybridized carbons (Fsp3) is 0.833. The maximum absolute atomic E-state index is 12.3. The van der Waals surface area contributed by atoms with Crippen LogP contribution in [0.2, 0.25) is 0 Å². The highest BCUT2D eigenvalue weighted by atomic mass is 35.5. The zero-order valence-corrected chi connectivity index (χ0v) is 6.51. The molecule has 2 unspecified atom stereocenters. The second-order valence-electron chi connectivity index (χ2n) is 2.21. The van der Waals surface area contributed by atoms with E-state index >= 15 is 0 Å². The van der Waals surface area contributed by atoms with E-state index in [0.29, 0.717) is 6.61 Å². The minimum atomic E-state index is -1.71.